The molecular formula is O6S-2. The second-order valence-corrected chi connectivity index (χ2v) is 1.63. The van der Waals surface area contributed by atoms with Crippen LogP contribution in [0, 0.1) is 0 Å². The van der Waals surface area contributed by atoms with Crippen molar-refractivity contribution in [2.45, 2.75) is 0 Å². The third-order valence-corrected chi connectivity index (χ3v) is 0.500. The van der Waals surface area contributed by atoms with Crippen LogP contribution in [0.1, 0.15) is 0 Å². The van der Waals surface area contributed by atoms with E-state index in [1.54, 1.807) is 0 Å². The summed E-state index contributed by atoms with van der Waals surface area (Å²) in [5.74, 6) is 0. The molecule has 0 amide bonds. The molecule has 0 radical (unpaired) electrons. The van der Waals surface area contributed by atoms with Crippen molar-refractivity contribution in [1.82, 2.24) is 0 Å². The van der Waals surface area contributed by atoms with E-state index in [1.807, 2.05) is 0 Å². The van der Waals surface area contributed by atoms with Gasteiger partial charge in [-0.25, -0.2) is 0 Å². The van der Waals surface area contributed by atoms with Crippen molar-refractivity contribution in [2.24, 2.45) is 0 Å². The maximum atomic E-state index is 9.30. The van der Waals surface area contributed by atoms with E-state index in [-0.39, 0.29) is 0 Å². The van der Waals surface area contributed by atoms with Crippen molar-refractivity contribution in [2.75, 3.05) is 0 Å². The van der Waals surface area contributed by atoms with Gasteiger partial charge in [-0.1, -0.05) is 0 Å². The van der Waals surface area contributed by atoms with Crippen LogP contribution in [0.15, 0.2) is 0 Å². The molecule has 0 aromatic heterocycles. The van der Waals surface area contributed by atoms with Crippen LogP contribution in [-0.4, -0.2) is 8.42 Å². The average Bonchev–Trinajstić information content (AvgIpc) is 1.68. The van der Waals surface area contributed by atoms with E-state index in [9.17, 15) is 8.42 Å². The van der Waals surface area contributed by atoms with Crippen LogP contribution in [0.5, 0.6) is 0 Å². The first-order valence-corrected chi connectivity index (χ1v) is 2.33. The Morgan fingerprint density at radius 1 is 1.14 bits per heavy atom. The minimum Gasteiger partial charge on any atom is -0.705 e. The molecule has 0 saturated heterocycles. The number of hydrogen-bond acceptors (Lipinski definition) is 6. The van der Waals surface area contributed by atoms with Crippen LogP contribution in [0.3, 0.4) is 0 Å². The summed E-state index contributed by atoms with van der Waals surface area (Å²) in [6.45, 7) is 0. The molecule has 0 aliphatic heterocycles. The van der Waals surface area contributed by atoms with Gasteiger partial charge >= 0.3 is 10.4 Å². The molecule has 0 saturated carbocycles. The van der Waals surface area contributed by atoms with Crippen LogP contribution in [0.25, 0.3) is 0 Å². The van der Waals surface area contributed by atoms with Crippen molar-refractivity contribution in [3.63, 3.8) is 0 Å². The molecule has 44 valence electrons. The van der Waals surface area contributed by atoms with E-state index in [2.05, 4.69) is 8.67 Å². The van der Waals surface area contributed by atoms with E-state index in [0.717, 1.165) is 0 Å². The van der Waals surface area contributed by atoms with Gasteiger partial charge in [0.05, 0.1) is 0 Å². The fourth-order valence-electron chi connectivity index (χ4n) is 0.0113. The van der Waals surface area contributed by atoms with Gasteiger partial charge in [0.15, 0.2) is 0 Å². The molecule has 0 atom stereocenters. The predicted molar refractivity (Wildman–Crippen MR) is 11.1 cm³/mol. The van der Waals surface area contributed by atoms with Crippen LogP contribution in [0.2, 0.25) is 0 Å². The smallest absolute Gasteiger partial charge is 0.382 e. The summed E-state index contributed by atoms with van der Waals surface area (Å²) in [6, 6.07) is 0. The Hall–Kier alpha value is -0.210. The first-order valence-electron chi connectivity index (χ1n) is 1.00. The number of hydrogen-bond donors (Lipinski definition) is 0. The standard InChI is InChI=1S/H2O6S/c1-5-7(3,4)6-2/h1-2H/p-2. The second-order valence-electron chi connectivity index (χ2n) is 0.544. The van der Waals surface area contributed by atoms with E-state index >= 15 is 0 Å². The Kier molecular flexibility index (Phi) is 2.12. The molecule has 0 aromatic rings. The molecule has 0 spiro atoms. The molecule has 0 aromatic carbocycles. The second kappa shape index (κ2) is 2.19. The molecule has 0 rings (SSSR count). The number of rotatable bonds is 2. The highest BCUT2D eigenvalue weighted by molar-refractivity contribution is 7.81. The summed E-state index contributed by atoms with van der Waals surface area (Å²) < 4.78 is 23.1. The highest BCUT2D eigenvalue weighted by Gasteiger charge is 1.93. The quantitative estimate of drug-likeness (QED) is 0.287. The summed E-state index contributed by atoms with van der Waals surface area (Å²) in [7, 11) is -4.77. The van der Waals surface area contributed by atoms with Crippen molar-refractivity contribution in [1.29, 1.82) is 0 Å². The van der Waals surface area contributed by atoms with Gasteiger partial charge in [-0.15, -0.1) is 0 Å². The summed E-state index contributed by atoms with van der Waals surface area (Å²) in [5.41, 5.74) is 0. The lowest BCUT2D eigenvalue weighted by atomic mass is 14.9. The SMILES string of the molecule is O=S(=O)(O[O-])O[O-]. The minimum absolute atomic E-state index is 2.27. The van der Waals surface area contributed by atoms with E-state index in [0.29, 0.717) is 0 Å². The lowest BCUT2D eigenvalue weighted by Crippen LogP contribution is -2.22. The van der Waals surface area contributed by atoms with Gasteiger partial charge in [-0.05, 0) is 0 Å². The Balaban J connectivity index is 3.89. The van der Waals surface area contributed by atoms with Gasteiger partial charge in [-0.2, -0.15) is 8.42 Å². The summed E-state index contributed by atoms with van der Waals surface area (Å²) >= 11 is 0. The lowest BCUT2D eigenvalue weighted by Gasteiger charge is -2.08. The monoisotopic (exact) mass is 128 g/mol. The van der Waals surface area contributed by atoms with Crippen LogP contribution in [0.4, 0.5) is 0 Å². The zero-order valence-corrected chi connectivity index (χ0v) is 3.67. The minimum atomic E-state index is -4.77. The third-order valence-electron chi connectivity index (χ3n) is 0.167. The van der Waals surface area contributed by atoms with E-state index in [4.69, 9.17) is 10.5 Å². The lowest BCUT2D eigenvalue weighted by molar-refractivity contribution is -0.673. The zero-order chi connectivity index (χ0) is 5.91. The fourth-order valence-corrected chi connectivity index (χ4v) is 0.0340. The molecule has 7 heavy (non-hydrogen) atoms. The highest BCUT2D eigenvalue weighted by atomic mass is 32.3. The molecule has 0 aliphatic carbocycles. The van der Waals surface area contributed by atoms with Crippen molar-refractivity contribution >= 4 is 10.4 Å². The highest BCUT2D eigenvalue weighted by Crippen LogP contribution is 1.79. The van der Waals surface area contributed by atoms with Crippen LogP contribution < -0.4 is 10.5 Å². The van der Waals surface area contributed by atoms with Crippen molar-refractivity contribution in [3.8, 4) is 0 Å². The van der Waals surface area contributed by atoms with Gasteiger partial charge < -0.3 is 19.2 Å². The molecule has 6 nitrogen and oxygen atoms in total. The maximum absolute atomic E-state index is 9.30. The molecular weight excluding hydrogens is 128 g/mol. The average molecular weight is 128 g/mol. The Morgan fingerprint density at radius 3 is 1.43 bits per heavy atom. The topological polar surface area (TPSA) is 98.7 Å². The fraction of sp³-hybridized carbons (Fsp3) is 0. The van der Waals surface area contributed by atoms with Crippen molar-refractivity contribution in [3.05, 3.63) is 0 Å². The Morgan fingerprint density at radius 2 is 1.43 bits per heavy atom. The summed E-state index contributed by atoms with van der Waals surface area (Å²) in [4.78, 5) is 0. The van der Waals surface area contributed by atoms with Gasteiger partial charge in [-0.3, -0.25) is 0 Å². The molecule has 0 fully saturated rings. The predicted octanol–water partition coefficient (Wildman–Crippen LogP) is -3.19. The normalized spacial score (nSPS) is 11.7. The van der Waals surface area contributed by atoms with E-state index < -0.39 is 10.4 Å². The third kappa shape index (κ3) is 2.48. The molecule has 7 heteroatoms. The molecule has 0 N–H and O–H groups in total. The molecule has 0 unspecified atom stereocenters. The zero-order valence-electron chi connectivity index (χ0n) is 2.86. The van der Waals surface area contributed by atoms with Crippen LogP contribution in [-0.2, 0) is 19.1 Å². The van der Waals surface area contributed by atoms with Crippen molar-refractivity contribution < 1.29 is 27.6 Å². The van der Waals surface area contributed by atoms with Gasteiger partial charge in [0.25, 0.3) is 0 Å². The summed E-state index contributed by atoms with van der Waals surface area (Å²) in [5, 5.41) is 17.5. The maximum Gasteiger partial charge on any atom is 0.382 e. The van der Waals surface area contributed by atoms with Crippen LogP contribution >= 0.6 is 0 Å². The Labute approximate surface area is 39.1 Å². The molecule has 0 heterocycles. The summed E-state index contributed by atoms with van der Waals surface area (Å²) in [6.07, 6.45) is 0. The van der Waals surface area contributed by atoms with Gasteiger partial charge in [0.2, 0.25) is 0 Å². The van der Waals surface area contributed by atoms with Gasteiger partial charge in [0.1, 0.15) is 0 Å². The molecule has 0 bridgehead atoms. The van der Waals surface area contributed by atoms with E-state index in [1.165, 1.54) is 0 Å². The largest absolute Gasteiger partial charge is 0.705 e. The first kappa shape index (κ1) is 6.79. The first-order chi connectivity index (χ1) is 3.12. The Bertz CT molecular complexity index is 107. The molecule has 0 aliphatic rings. The van der Waals surface area contributed by atoms with Gasteiger partial charge in [0, 0.05) is 0 Å².